The van der Waals surface area contributed by atoms with Gasteiger partial charge >= 0.3 is 5.97 Å². The zero-order valence-electron chi connectivity index (χ0n) is 16.4. The van der Waals surface area contributed by atoms with Crippen molar-refractivity contribution >= 4 is 17.7 Å². The summed E-state index contributed by atoms with van der Waals surface area (Å²) in [6, 6.07) is 11.0. The van der Waals surface area contributed by atoms with Crippen LogP contribution in [0.5, 0.6) is 0 Å². The molecule has 0 radical (unpaired) electrons. The monoisotopic (exact) mass is 382 g/mol. The van der Waals surface area contributed by atoms with Crippen LogP contribution in [-0.4, -0.2) is 40.7 Å². The fourth-order valence-electron chi connectivity index (χ4n) is 2.72. The van der Waals surface area contributed by atoms with E-state index in [1.807, 2.05) is 31.2 Å². The molecule has 6 nitrogen and oxygen atoms in total. The van der Waals surface area contributed by atoms with E-state index >= 15 is 0 Å². The number of esters is 1. The molecular formula is C22H26N2O4. The maximum absolute atomic E-state index is 12.7. The minimum Gasteiger partial charge on any atom is -0.466 e. The van der Waals surface area contributed by atoms with Crippen molar-refractivity contribution in [2.75, 3.05) is 13.2 Å². The molecular weight excluding hydrogens is 356 g/mol. The van der Waals surface area contributed by atoms with Crippen molar-refractivity contribution in [3.05, 3.63) is 65.5 Å². The van der Waals surface area contributed by atoms with Gasteiger partial charge in [-0.15, -0.1) is 0 Å². The molecule has 0 saturated carbocycles. The van der Waals surface area contributed by atoms with Gasteiger partial charge in [0.05, 0.1) is 13.0 Å². The second-order valence-corrected chi connectivity index (χ2v) is 6.51. The molecule has 1 amide bonds. The molecule has 0 N–H and O–H groups in total. The topological polar surface area (TPSA) is 76.6 Å². The van der Waals surface area contributed by atoms with Crippen molar-refractivity contribution < 1.29 is 19.1 Å². The predicted molar refractivity (Wildman–Crippen MR) is 106 cm³/mol. The number of nitrogens with zero attached hydrogens (tertiary/aromatic N) is 2. The smallest absolute Gasteiger partial charge is 0.307 e. The first kappa shape index (κ1) is 21.3. The van der Waals surface area contributed by atoms with Crippen LogP contribution >= 0.6 is 0 Å². The van der Waals surface area contributed by atoms with E-state index in [9.17, 15) is 14.4 Å². The van der Waals surface area contributed by atoms with Gasteiger partial charge in [-0.05, 0) is 31.5 Å². The second kappa shape index (κ2) is 11.0. The average Bonchev–Trinajstić information content (AvgIpc) is 2.70. The van der Waals surface area contributed by atoms with Crippen LogP contribution in [0.1, 0.15) is 47.7 Å². The lowest BCUT2D eigenvalue weighted by molar-refractivity contribution is -0.144. The molecule has 148 valence electrons. The summed E-state index contributed by atoms with van der Waals surface area (Å²) in [6.07, 6.45) is 3.67. The van der Waals surface area contributed by atoms with E-state index in [2.05, 4.69) is 4.98 Å². The summed E-state index contributed by atoms with van der Waals surface area (Å²) in [5.41, 5.74) is 2.60. The summed E-state index contributed by atoms with van der Waals surface area (Å²) in [5.74, 6) is -0.574. The van der Waals surface area contributed by atoms with E-state index in [1.54, 1.807) is 36.4 Å². The zero-order chi connectivity index (χ0) is 20.4. The fraction of sp³-hybridized carbons (Fsp3) is 0.364. The summed E-state index contributed by atoms with van der Waals surface area (Å²) in [7, 11) is 0. The highest BCUT2D eigenvalue weighted by Gasteiger charge is 2.18. The number of aryl methyl sites for hydroxylation is 1. The Morgan fingerprint density at radius 2 is 1.64 bits per heavy atom. The van der Waals surface area contributed by atoms with Crippen molar-refractivity contribution in [3.8, 4) is 0 Å². The molecule has 0 bridgehead atoms. The van der Waals surface area contributed by atoms with E-state index in [1.165, 1.54) is 0 Å². The Balaban J connectivity index is 1.97. The Morgan fingerprint density at radius 3 is 2.29 bits per heavy atom. The van der Waals surface area contributed by atoms with Gasteiger partial charge in [0.2, 0.25) is 5.91 Å². The molecule has 1 aromatic carbocycles. The highest BCUT2D eigenvalue weighted by atomic mass is 16.5. The van der Waals surface area contributed by atoms with Crippen molar-refractivity contribution in [3.63, 3.8) is 0 Å². The number of rotatable bonds is 10. The number of carbonyl (C=O) groups is 3. The number of carbonyl (C=O) groups excluding carboxylic acids is 3. The van der Waals surface area contributed by atoms with Crippen molar-refractivity contribution in [1.82, 2.24) is 9.88 Å². The molecule has 0 unspecified atom stereocenters. The number of pyridine rings is 1. The number of hydrogen-bond donors (Lipinski definition) is 0. The van der Waals surface area contributed by atoms with Gasteiger partial charge in [0.1, 0.15) is 0 Å². The van der Waals surface area contributed by atoms with Gasteiger partial charge in [-0.3, -0.25) is 19.4 Å². The number of ether oxygens (including phenoxy) is 1. The zero-order valence-corrected chi connectivity index (χ0v) is 16.4. The van der Waals surface area contributed by atoms with Crippen LogP contribution < -0.4 is 0 Å². The number of aromatic nitrogens is 1. The molecule has 0 aliphatic rings. The van der Waals surface area contributed by atoms with E-state index in [-0.39, 0.29) is 43.5 Å². The standard InChI is InChI=1S/C22H26N2O4/c1-3-28-22(27)12-15-24(16-18-10-13-23-14-11-18)21(26)9-8-20(25)19-6-4-17(2)5-7-19/h4-7,10-11,13-14H,3,8-9,12,15-16H2,1-2H3. The molecule has 0 spiro atoms. The van der Waals surface area contributed by atoms with Gasteiger partial charge in [-0.2, -0.15) is 0 Å². The Labute approximate surface area is 165 Å². The lowest BCUT2D eigenvalue weighted by Gasteiger charge is -2.22. The molecule has 0 fully saturated rings. The van der Waals surface area contributed by atoms with Crippen LogP contribution in [0.4, 0.5) is 0 Å². The van der Waals surface area contributed by atoms with Gasteiger partial charge in [-0.1, -0.05) is 29.8 Å². The first-order valence-corrected chi connectivity index (χ1v) is 9.41. The maximum Gasteiger partial charge on any atom is 0.307 e. The van der Waals surface area contributed by atoms with Crippen LogP contribution in [0.3, 0.4) is 0 Å². The van der Waals surface area contributed by atoms with Gasteiger partial charge in [0, 0.05) is 43.9 Å². The van der Waals surface area contributed by atoms with Crippen molar-refractivity contribution in [2.45, 2.75) is 39.7 Å². The number of ketones is 1. The maximum atomic E-state index is 12.7. The average molecular weight is 382 g/mol. The van der Waals surface area contributed by atoms with E-state index in [0.717, 1.165) is 11.1 Å². The number of amides is 1. The highest BCUT2D eigenvalue weighted by molar-refractivity contribution is 5.98. The Hall–Kier alpha value is -3.02. The van der Waals surface area contributed by atoms with Crippen molar-refractivity contribution in [1.29, 1.82) is 0 Å². The summed E-state index contributed by atoms with van der Waals surface area (Å²) in [6.45, 7) is 4.62. The van der Waals surface area contributed by atoms with Gasteiger partial charge in [0.15, 0.2) is 5.78 Å². The lowest BCUT2D eigenvalue weighted by atomic mass is 10.0. The van der Waals surface area contributed by atoms with Gasteiger partial charge in [0.25, 0.3) is 0 Å². The first-order chi connectivity index (χ1) is 13.5. The number of hydrogen-bond acceptors (Lipinski definition) is 5. The molecule has 0 aliphatic heterocycles. The Bertz CT molecular complexity index is 788. The molecule has 0 saturated heterocycles. The van der Waals surface area contributed by atoms with Gasteiger partial charge < -0.3 is 9.64 Å². The third kappa shape index (κ3) is 6.95. The molecule has 1 aromatic heterocycles. The molecule has 0 aliphatic carbocycles. The van der Waals surface area contributed by atoms with E-state index in [4.69, 9.17) is 4.74 Å². The summed E-state index contributed by atoms with van der Waals surface area (Å²) in [5, 5.41) is 0. The van der Waals surface area contributed by atoms with E-state index in [0.29, 0.717) is 18.7 Å². The minimum absolute atomic E-state index is 0.0670. The third-order valence-electron chi connectivity index (χ3n) is 4.31. The normalized spacial score (nSPS) is 10.4. The number of benzene rings is 1. The van der Waals surface area contributed by atoms with Crippen molar-refractivity contribution in [2.24, 2.45) is 0 Å². The highest BCUT2D eigenvalue weighted by Crippen LogP contribution is 2.11. The number of Topliss-reactive ketones (excluding diaryl/α,β-unsaturated/α-hetero) is 1. The van der Waals surface area contributed by atoms with Crippen LogP contribution in [0.2, 0.25) is 0 Å². The quantitative estimate of drug-likeness (QED) is 0.465. The van der Waals surface area contributed by atoms with Crippen LogP contribution in [0.15, 0.2) is 48.8 Å². The van der Waals surface area contributed by atoms with Crippen LogP contribution in [0.25, 0.3) is 0 Å². The summed E-state index contributed by atoms with van der Waals surface area (Å²) >= 11 is 0. The molecule has 6 heteroatoms. The van der Waals surface area contributed by atoms with Crippen LogP contribution in [-0.2, 0) is 20.9 Å². The Morgan fingerprint density at radius 1 is 0.964 bits per heavy atom. The molecule has 0 atom stereocenters. The Kier molecular flexibility index (Phi) is 8.34. The molecule has 1 heterocycles. The predicted octanol–water partition coefficient (Wildman–Crippen LogP) is 3.33. The summed E-state index contributed by atoms with van der Waals surface area (Å²) < 4.78 is 4.95. The SMILES string of the molecule is CCOC(=O)CCN(Cc1ccncc1)C(=O)CCC(=O)c1ccc(C)cc1. The largest absolute Gasteiger partial charge is 0.466 e. The van der Waals surface area contributed by atoms with Gasteiger partial charge in [-0.25, -0.2) is 0 Å². The third-order valence-corrected chi connectivity index (χ3v) is 4.31. The minimum atomic E-state index is -0.342. The molecule has 2 rings (SSSR count). The molecule has 2 aromatic rings. The van der Waals surface area contributed by atoms with Crippen LogP contribution in [0, 0.1) is 6.92 Å². The van der Waals surface area contributed by atoms with E-state index < -0.39 is 0 Å². The molecule has 28 heavy (non-hydrogen) atoms. The second-order valence-electron chi connectivity index (χ2n) is 6.51. The lowest BCUT2D eigenvalue weighted by Crippen LogP contribution is -2.33. The fourth-order valence-corrected chi connectivity index (χ4v) is 2.72. The summed E-state index contributed by atoms with van der Waals surface area (Å²) in [4.78, 5) is 42.3. The first-order valence-electron chi connectivity index (χ1n) is 9.41.